The molecular formula is C18H18ClN5O3. The molecule has 0 fully saturated rings. The van der Waals surface area contributed by atoms with Crippen molar-refractivity contribution >= 4 is 29.3 Å². The molecule has 0 bridgehead atoms. The number of amides is 1. The van der Waals surface area contributed by atoms with Crippen LogP contribution in [0, 0.1) is 6.92 Å². The van der Waals surface area contributed by atoms with Gasteiger partial charge in [0, 0.05) is 23.0 Å². The van der Waals surface area contributed by atoms with E-state index >= 15 is 0 Å². The first kappa shape index (κ1) is 18.7. The number of hydrogen-bond acceptors (Lipinski definition) is 4. The number of halogens is 1. The van der Waals surface area contributed by atoms with E-state index in [1.807, 2.05) is 31.2 Å². The molecule has 27 heavy (non-hydrogen) atoms. The molecule has 1 atom stereocenters. The topological polar surface area (TPSA) is 102 Å². The lowest BCUT2D eigenvalue weighted by atomic mass is 10.2. The quantitative estimate of drug-likeness (QED) is 0.677. The Morgan fingerprint density at radius 2 is 2.07 bits per heavy atom. The van der Waals surface area contributed by atoms with Crippen molar-refractivity contribution < 1.29 is 14.7 Å². The summed E-state index contributed by atoms with van der Waals surface area (Å²) in [5.41, 5.74) is 2.04. The van der Waals surface area contributed by atoms with E-state index in [1.165, 1.54) is 24.0 Å². The summed E-state index contributed by atoms with van der Waals surface area (Å²) < 4.78 is 2.96. The molecule has 2 heterocycles. The van der Waals surface area contributed by atoms with Gasteiger partial charge in [0.05, 0.1) is 18.3 Å². The number of carboxylic acid groups (broad SMARTS) is 1. The molecule has 0 aliphatic carbocycles. The normalized spacial score (nSPS) is 12.0. The van der Waals surface area contributed by atoms with E-state index in [0.29, 0.717) is 17.4 Å². The first-order chi connectivity index (χ1) is 12.8. The van der Waals surface area contributed by atoms with Crippen molar-refractivity contribution in [2.75, 3.05) is 5.32 Å². The van der Waals surface area contributed by atoms with Crippen molar-refractivity contribution in [3.05, 3.63) is 64.6 Å². The molecule has 3 aromatic rings. The van der Waals surface area contributed by atoms with Gasteiger partial charge in [-0.25, -0.2) is 4.79 Å². The fraction of sp³-hybridized carbons (Fsp3) is 0.222. The summed E-state index contributed by atoms with van der Waals surface area (Å²) in [6.07, 6.45) is 2.71. The molecule has 0 saturated carbocycles. The third-order valence-corrected chi connectivity index (χ3v) is 4.49. The molecule has 9 heteroatoms. The number of carboxylic acids is 1. The fourth-order valence-corrected chi connectivity index (χ4v) is 2.68. The predicted molar refractivity (Wildman–Crippen MR) is 100 cm³/mol. The van der Waals surface area contributed by atoms with Crippen LogP contribution < -0.4 is 5.32 Å². The molecule has 0 aliphatic rings. The molecule has 8 nitrogen and oxygen atoms in total. The average molecular weight is 388 g/mol. The number of benzene rings is 1. The largest absolute Gasteiger partial charge is 0.480 e. The molecule has 2 N–H and O–H groups in total. The molecule has 1 aromatic carbocycles. The molecule has 3 rings (SSSR count). The van der Waals surface area contributed by atoms with Crippen LogP contribution in [0.2, 0.25) is 5.02 Å². The van der Waals surface area contributed by atoms with Crippen molar-refractivity contribution in [3.63, 3.8) is 0 Å². The monoisotopic (exact) mass is 387 g/mol. The number of hydrogen-bond donors (Lipinski definition) is 2. The zero-order valence-corrected chi connectivity index (χ0v) is 15.5. The van der Waals surface area contributed by atoms with E-state index in [9.17, 15) is 9.59 Å². The highest BCUT2D eigenvalue weighted by atomic mass is 35.5. The molecule has 140 valence electrons. The predicted octanol–water partition coefficient (Wildman–Crippen LogP) is 2.99. The van der Waals surface area contributed by atoms with E-state index in [0.717, 1.165) is 11.3 Å². The first-order valence-corrected chi connectivity index (χ1v) is 8.59. The first-order valence-electron chi connectivity index (χ1n) is 8.21. The molecule has 1 unspecified atom stereocenters. The molecule has 0 radical (unpaired) electrons. The van der Waals surface area contributed by atoms with Gasteiger partial charge in [-0.2, -0.15) is 10.2 Å². The van der Waals surface area contributed by atoms with Crippen LogP contribution in [0.5, 0.6) is 0 Å². The Labute approximate surface area is 160 Å². The summed E-state index contributed by atoms with van der Waals surface area (Å²) in [4.78, 5) is 23.4. The van der Waals surface area contributed by atoms with Crippen LogP contribution in [0.15, 0.2) is 42.7 Å². The number of nitrogens with zero attached hydrogens (tertiary/aromatic N) is 4. The summed E-state index contributed by atoms with van der Waals surface area (Å²) in [5.74, 6) is -1.05. The van der Waals surface area contributed by atoms with Crippen LogP contribution in [-0.2, 0) is 11.3 Å². The SMILES string of the molecule is Cc1cc(NC(=O)c2cnn(C(C)C(=O)O)c2)nn1Cc1ccccc1Cl. The number of rotatable bonds is 6. The van der Waals surface area contributed by atoms with E-state index < -0.39 is 17.9 Å². The highest BCUT2D eigenvalue weighted by molar-refractivity contribution is 6.31. The number of aliphatic carboxylic acids is 1. The Hall–Kier alpha value is -3.13. The average Bonchev–Trinajstić information content (AvgIpc) is 3.23. The lowest BCUT2D eigenvalue weighted by molar-refractivity contribution is -0.140. The summed E-state index contributed by atoms with van der Waals surface area (Å²) in [6.45, 7) is 3.85. The lowest BCUT2D eigenvalue weighted by Gasteiger charge is -2.06. The van der Waals surface area contributed by atoms with Crippen LogP contribution in [0.3, 0.4) is 0 Å². The molecular weight excluding hydrogens is 370 g/mol. The van der Waals surface area contributed by atoms with Gasteiger partial charge in [0.15, 0.2) is 5.82 Å². The molecule has 1 amide bonds. The zero-order chi connectivity index (χ0) is 19.6. The van der Waals surface area contributed by atoms with Gasteiger partial charge in [-0.05, 0) is 25.5 Å². The van der Waals surface area contributed by atoms with Crippen LogP contribution in [0.4, 0.5) is 5.82 Å². The highest BCUT2D eigenvalue weighted by Crippen LogP contribution is 2.18. The molecule has 0 saturated heterocycles. The summed E-state index contributed by atoms with van der Waals surface area (Å²) in [6, 6.07) is 8.38. The van der Waals surface area contributed by atoms with E-state index in [4.69, 9.17) is 16.7 Å². The summed E-state index contributed by atoms with van der Waals surface area (Å²) >= 11 is 6.19. The van der Waals surface area contributed by atoms with Crippen LogP contribution in [-0.4, -0.2) is 36.5 Å². The van der Waals surface area contributed by atoms with Crippen molar-refractivity contribution in [1.82, 2.24) is 19.6 Å². The third-order valence-electron chi connectivity index (χ3n) is 4.12. The van der Waals surface area contributed by atoms with Crippen LogP contribution >= 0.6 is 11.6 Å². The number of carbonyl (C=O) groups excluding carboxylic acids is 1. The number of carbonyl (C=O) groups is 2. The number of nitrogens with one attached hydrogen (secondary N) is 1. The van der Waals surface area contributed by atoms with Gasteiger partial charge in [0.25, 0.3) is 5.91 Å². The van der Waals surface area contributed by atoms with E-state index in [1.54, 1.807) is 10.7 Å². The minimum Gasteiger partial charge on any atom is -0.480 e. The molecule has 0 aliphatic heterocycles. The maximum absolute atomic E-state index is 12.4. The van der Waals surface area contributed by atoms with E-state index in [2.05, 4.69) is 15.5 Å². The second-order valence-corrected chi connectivity index (χ2v) is 6.50. The van der Waals surface area contributed by atoms with Gasteiger partial charge < -0.3 is 10.4 Å². The number of anilines is 1. The maximum Gasteiger partial charge on any atom is 0.328 e. The Bertz CT molecular complexity index is 995. The van der Waals surface area contributed by atoms with Crippen LogP contribution in [0.1, 0.15) is 34.6 Å². The molecule has 0 spiro atoms. The zero-order valence-electron chi connectivity index (χ0n) is 14.8. The van der Waals surface area contributed by atoms with Crippen molar-refractivity contribution in [1.29, 1.82) is 0 Å². The Morgan fingerprint density at radius 3 is 2.78 bits per heavy atom. The van der Waals surface area contributed by atoms with E-state index in [-0.39, 0.29) is 5.56 Å². The van der Waals surface area contributed by atoms with Gasteiger partial charge in [0.2, 0.25) is 0 Å². The van der Waals surface area contributed by atoms with Gasteiger partial charge in [-0.15, -0.1) is 0 Å². The number of aryl methyl sites for hydroxylation is 1. The molecule has 2 aromatic heterocycles. The summed E-state index contributed by atoms with van der Waals surface area (Å²) in [5, 5.41) is 20.7. The Kier molecular flexibility index (Phi) is 5.27. The van der Waals surface area contributed by atoms with Gasteiger partial charge in [-0.1, -0.05) is 29.8 Å². The van der Waals surface area contributed by atoms with Crippen molar-refractivity contribution in [3.8, 4) is 0 Å². The highest BCUT2D eigenvalue weighted by Gasteiger charge is 2.17. The standard InChI is InChI=1S/C18H18ClN5O3/c1-11-7-16(22-23(11)9-13-5-3-4-6-15(13)19)21-17(25)14-8-20-24(10-14)12(2)18(26)27/h3-8,10,12H,9H2,1-2H3,(H,26,27)(H,21,22,25). The smallest absolute Gasteiger partial charge is 0.328 e. The second kappa shape index (κ2) is 7.63. The minimum absolute atomic E-state index is 0.251. The van der Waals surface area contributed by atoms with Crippen LogP contribution in [0.25, 0.3) is 0 Å². The summed E-state index contributed by atoms with van der Waals surface area (Å²) in [7, 11) is 0. The van der Waals surface area contributed by atoms with Gasteiger partial charge in [0.1, 0.15) is 6.04 Å². The third kappa shape index (κ3) is 4.17. The lowest BCUT2D eigenvalue weighted by Crippen LogP contribution is -2.16. The number of aromatic nitrogens is 4. The van der Waals surface area contributed by atoms with Gasteiger partial charge in [-0.3, -0.25) is 14.2 Å². The maximum atomic E-state index is 12.4. The minimum atomic E-state index is -1.03. The Morgan fingerprint density at radius 1 is 1.33 bits per heavy atom. The van der Waals surface area contributed by atoms with Crippen molar-refractivity contribution in [2.45, 2.75) is 26.4 Å². The van der Waals surface area contributed by atoms with Gasteiger partial charge >= 0.3 is 5.97 Å². The Balaban J connectivity index is 1.72. The second-order valence-electron chi connectivity index (χ2n) is 6.10. The fourth-order valence-electron chi connectivity index (χ4n) is 2.49. The van der Waals surface area contributed by atoms with Crippen molar-refractivity contribution in [2.24, 2.45) is 0 Å².